The molecule has 0 spiro atoms. The van der Waals surface area contributed by atoms with Gasteiger partial charge >= 0.3 is 6.09 Å². The van der Waals surface area contributed by atoms with Gasteiger partial charge in [0, 0.05) is 30.7 Å². The second-order valence-corrected chi connectivity index (χ2v) is 4.89. The quantitative estimate of drug-likeness (QED) is 0.843. The standard InChI is InChI=1S/C8H11ClN4O2S/c9-6-11-7(12-16-6)13-3-1-5(2-4-13)10-8(14)15/h5,10H,1-4H2,(H,14,15). The Labute approximate surface area is 101 Å². The first kappa shape index (κ1) is 11.4. The van der Waals surface area contributed by atoms with Gasteiger partial charge in [-0.15, -0.1) is 0 Å². The summed E-state index contributed by atoms with van der Waals surface area (Å²) in [4.78, 5) is 16.6. The van der Waals surface area contributed by atoms with Crippen molar-refractivity contribution >= 4 is 35.2 Å². The zero-order valence-electron chi connectivity index (χ0n) is 8.39. The summed E-state index contributed by atoms with van der Waals surface area (Å²) in [5.41, 5.74) is 0. The van der Waals surface area contributed by atoms with E-state index < -0.39 is 6.09 Å². The number of hydrogen-bond donors (Lipinski definition) is 2. The molecule has 6 nitrogen and oxygen atoms in total. The van der Waals surface area contributed by atoms with Crippen molar-refractivity contribution in [1.29, 1.82) is 0 Å². The summed E-state index contributed by atoms with van der Waals surface area (Å²) in [5.74, 6) is 0.642. The lowest BCUT2D eigenvalue weighted by Crippen LogP contribution is -2.44. The number of hydrogen-bond acceptors (Lipinski definition) is 5. The number of anilines is 1. The van der Waals surface area contributed by atoms with E-state index in [-0.39, 0.29) is 6.04 Å². The fourth-order valence-corrected chi connectivity index (χ4v) is 2.34. The average Bonchev–Trinajstić information content (AvgIpc) is 2.65. The number of amides is 1. The molecule has 1 aromatic rings. The number of nitrogens with zero attached hydrogens (tertiary/aromatic N) is 3. The van der Waals surface area contributed by atoms with E-state index in [0.29, 0.717) is 10.4 Å². The van der Waals surface area contributed by atoms with Crippen LogP contribution in [0.1, 0.15) is 12.8 Å². The zero-order valence-corrected chi connectivity index (χ0v) is 9.96. The van der Waals surface area contributed by atoms with Gasteiger partial charge in [-0.1, -0.05) is 0 Å². The lowest BCUT2D eigenvalue weighted by Gasteiger charge is -2.30. The minimum Gasteiger partial charge on any atom is -0.465 e. The molecule has 1 aliphatic heterocycles. The number of piperidine rings is 1. The molecular formula is C8H11ClN4O2S. The Bertz CT molecular complexity index is 378. The molecule has 1 saturated heterocycles. The average molecular weight is 263 g/mol. The fraction of sp³-hybridized carbons (Fsp3) is 0.625. The minimum atomic E-state index is -0.965. The van der Waals surface area contributed by atoms with Gasteiger partial charge in [0.2, 0.25) is 10.4 Å². The van der Waals surface area contributed by atoms with Crippen molar-refractivity contribution < 1.29 is 9.90 Å². The Hall–Kier alpha value is -1.08. The summed E-state index contributed by atoms with van der Waals surface area (Å²) in [6, 6.07) is 0.0304. The normalized spacial score (nSPS) is 17.4. The Kier molecular flexibility index (Phi) is 3.45. The Morgan fingerprint density at radius 1 is 1.56 bits per heavy atom. The molecule has 2 N–H and O–H groups in total. The van der Waals surface area contributed by atoms with Gasteiger partial charge < -0.3 is 15.3 Å². The molecule has 0 aliphatic carbocycles. The van der Waals surface area contributed by atoms with Crippen LogP contribution in [0.5, 0.6) is 0 Å². The van der Waals surface area contributed by atoms with Crippen LogP contribution in [0.2, 0.25) is 4.47 Å². The number of aromatic nitrogens is 2. The SMILES string of the molecule is O=C(O)NC1CCN(c2nsc(Cl)n2)CC1. The highest BCUT2D eigenvalue weighted by Crippen LogP contribution is 2.21. The molecular weight excluding hydrogens is 252 g/mol. The summed E-state index contributed by atoms with van der Waals surface area (Å²) >= 11 is 6.87. The Morgan fingerprint density at radius 2 is 2.25 bits per heavy atom. The largest absolute Gasteiger partial charge is 0.465 e. The van der Waals surface area contributed by atoms with Gasteiger partial charge in [-0.3, -0.25) is 0 Å². The summed E-state index contributed by atoms with van der Waals surface area (Å²) in [6.45, 7) is 1.50. The maximum atomic E-state index is 10.5. The van der Waals surface area contributed by atoms with E-state index in [1.165, 1.54) is 0 Å². The third-order valence-corrected chi connectivity index (χ3v) is 3.28. The van der Waals surface area contributed by atoms with Gasteiger partial charge in [0.05, 0.1) is 0 Å². The van der Waals surface area contributed by atoms with Crippen molar-refractivity contribution in [1.82, 2.24) is 14.7 Å². The van der Waals surface area contributed by atoms with Crippen molar-refractivity contribution in [2.24, 2.45) is 0 Å². The highest BCUT2D eigenvalue weighted by atomic mass is 35.5. The van der Waals surface area contributed by atoms with Crippen molar-refractivity contribution in [3.8, 4) is 0 Å². The molecule has 2 rings (SSSR count). The van der Waals surface area contributed by atoms with E-state index in [1.807, 2.05) is 4.90 Å². The van der Waals surface area contributed by atoms with Crippen LogP contribution in [-0.2, 0) is 0 Å². The second kappa shape index (κ2) is 4.84. The highest BCUT2D eigenvalue weighted by molar-refractivity contribution is 7.10. The molecule has 8 heteroatoms. The van der Waals surface area contributed by atoms with Crippen LogP contribution in [-0.4, -0.2) is 39.7 Å². The van der Waals surface area contributed by atoms with Gasteiger partial charge in [0.25, 0.3) is 0 Å². The smallest absolute Gasteiger partial charge is 0.404 e. The predicted molar refractivity (Wildman–Crippen MR) is 61.3 cm³/mol. The van der Waals surface area contributed by atoms with Crippen LogP contribution in [0.25, 0.3) is 0 Å². The summed E-state index contributed by atoms with van der Waals surface area (Å²) in [5, 5.41) is 11.1. The van der Waals surface area contributed by atoms with E-state index >= 15 is 0 Å². The van der Waals surface area contributed by atoms with Gasteiger partial charge in [-0.25, -0.2) is 4.79 Å². The second-order valence-electron chi connectivity index (χ2n) is 3.56. The molecule has 0 atom stereocenters. The molecule has 0 radical (unpaired) electrons. The van der Waals surface area contributed by atoms with Crippen LogP contribution < -0.4 is 10.2 Å². The third kappa shape index (κ3) is 2.73. The molecule has 0 unspecified atom stereocenters. The van der Waals surface area contributed by atoms with E-state index in [2.05, 4.69) is 14.7 Å². The molecule has 0 saturated carbocycles. The van der Waals surface area contributed by atoms with Gasteiger partial charge in [0.15, 0.2) is 0 Å². The minimum absolute atomic E-state index is 0.0304. The number of carboxylic acid groups (broad SMARTS) is 1. The monoisotopic (exact) mass is 262 g/mol. The van der Waals surface area contributed by atoms with Crippen LogP contribution >= 0.6 is 23.1 Å². The van der Waals surface area contributed by atoms with E-state index in [0.717, 1.165) is 37.5 Å². The first-order chi connectivity index (χ1) is 7.65. The molecule has 2 heterocycles. The van der Waals surface area contributed by atoms with Gasteiger partial charge in [0.1, 0.15) is 0 Å². The molecule has 88 valence electrons. The van der Waals surface area contributed by atoms with Crippen LogP contribution in [0, 0.1) is 0 Å². The lowest BCUT2D eigenvalue weighted by molar-refractivity contribution is 0.187. The molecule has 16 heavy (non-hydrogen) atoms. The maximum Gasteiger partial charge on any atom is 0.404 e. The summed E-state index contributed by atoms with van der Waals surface area (Å²) in [7, 11) is 0. The zero-order chi connectivity index (χ0) is 11.5. The van der Waals surface area contributed by atoms with E-state index in [1.54, 1.807) is 0 Å². The topological polar surface area (TPSA) is 78.4 Å². The predicted octanol–water partition coefficient (Wildman–Crippen LogP) is 1.43. The Balaban J connectivity index is 1.87. The van der Waals surface area contributed by atoms with Crippen molar-refractivity contribution in [2.75, 3.05) is 18.0 Å². The molecule has 0 aromatic carbocycles. The van der Waals surface area contributed by atoms with Crippen molar-refractivity contribution in [3.63, 3.8) is 0 Å². The number of nitrogens with one attached hydrogen (secondary N) is 1. The van der Waals surface area contributed by atoms with E-state index in [4.69, 9.17) is 16.7 Å². The first-order valence-corrected chi connectivity index (χ1v) is 6.04. The molecule has 1 aliphatic rings. The lowest BCUT2D eigenvalue weighted by atomic mass is 10.1. The number of carbonyl (C=O) groups is 1. The molecule has 0 bridgehead atoms. The Morgan fingerprint density at radius 3 is 2.75 bits per heavy atom. The third-order valence-electron chi connectivity index (χ3n) is 2.50. The first-order valence-electron chi connectivity index (χ1n) is 4.89. The fourth-order valence-electron chi connectivity index (χ4n) is 1.72. The highest BCUT2D eigenvalue weighted by Gasteiger charge is 2.22. The van der Waals surface area contributed by atoms with Crippen molar-refractivity contribution in [3.05, 3.63) is 4.47 Å². The van der Waals surface area contributed by atoms with E-state index in [9.17, 15) is 4.79 Å². The summed E-state index contributed by atoms with van der Waals surface area (Å²) < 4.78 is 4.54. The van der Waals surface area contributed by atoms with Gasteiger partial charge in [-0.2, -0.15) is 9.36 Å². The van der Waals surface area contributed by atoms with Crippen LogP contribution in [0.15, 0.2) is 0 Å². The number of halogens is 1. The summed E-state index contributed by atoms with van der Waals surface area (Å²) in [6.07, 6.45) is 0.569. The molecule has 1 fully saturated rings. The van der Waals surface area contributed by atoms with Crippen LogP contribution in [0.4, 0.5) is 10.7 Å². The van der Waals surface area contributed by atoms with Crippen LogP contribution in [0.3, 0.4) is 0 Å². The molecule has 1 amide bonds. The number of rotatable bonds is 2. The van der Waals surface area contributed by atoms with Gasteiger partial charge in [-0.05, 0) is 24.4 Å². The maximum absolute atomic E-state index is 10.5. The van der Waals surface area contributed by atoms with Crippen molar-refractivity contribution in [2.45, 2.75) is 18.9 Å². The molecule has 1 aromatic heterocycles.